The van der Waals surface area contributed by atoms with Crippen molar-refractivity contribution in [1.82, 2.24) is 19.7 Å². The molecule has 30 heavy (non-hydrogen) atoms. The second-order valence-corrected chi connectivity index (χ2v) is 6.71. The van der Waals surface area contributed by atoms with Crippen molar-refractivity contribution < 1.29 is 4.74 Å². The molecule has 0 amide bonds. The molecule has 0 saturated carbocycles. The first-order valence-electron chi connectivity index (χ1n) is 9.52. The first kappa shape index (κ1) is 19.3. The van der Waals surface area contributed by atoms with Gasteiger partial charge in [-0.2, -0.15) is 10.4 Å². The normalized spacial score (nSPS) is 10.6. The molecule has 4 aromatic rings. The summed E-state index contributed by atoms with van der Waals surface area (Å²) in [6, 6.07) is 21.1. The van der Waals surface area contributed by atoms with Crippen LogP contribution < -0.4 is 10.5 Å². The molecule has 0 atom stereocenters. The molecule has 3 aromatic heterocycles. The molecule has 7 nitrogen and oxygen atoms in total. The molecule has 0 spiro atoms. The maximum Gasteiger partial charge on any atom is 0.232 e. The van der Waals surface area contributed by atoms with E-state index < -0.39 is 0 Å². The van der Waals surface area contributed by atoms with E-state index in [0.717, 1.165) is 23.2 Å². The summed E-state index contributed by atoms with van der Waals surface area (Å²) in [5, 5.41) is 13.8. The van der Waals surface area contributed by atoms with E-state index >= 15 is 0 Å². The fourth-order valence-electron chi connectivity index (χ4n) is 3.07. The first-order chi connectivity index (χ1) is 14.7. The quantitative estimate of drug-likeness (QED) is 0.533. The SMILES string of the molecule is Cn1nc(-c2ccccc2)cc1Oc1nc(C#N)ccc1-c1ccc(CCN)cn1. The Morgan fingerprint density at radius 3 is 2.60 bits per heavy atom. The number of hydrogen-bond acceptors (Lipinski definition) is 6. The highest BCUT2D eigenvalue weighted by Crippen LogP contribution is 2.32. The van der Waals surface area contributed by atoms with Crippen molar-refractivity contribution in [3.05, 3.63) is 78.1 Å². The summed E-state index contributed by atoms with van der Waals surface area (Å²) in [6.07, 6.45) is 2.56. The van der Waals surface area contributed by atoms with Gasteiger partial charge in [0.2, 0.25) is 11.8 Å². The Balaban J connectivity index is 1.70. The van der Waals surface area contributed by atoms with Gasteiger partial charge in [-0.15, -0.1) is 0 Å². The van der Waals surface area contributed by atoms with E-state index in [-0.39, 0.29) is 5.69 Å². The molecule has 0 bridgehead atoms. The number of hydrogen-bond donors (Lipinski definition) is 1. The monoisotopic (exact) mass is 396 g/mol. The Morgan fingerprint density at radius 2 is 1.90 bits per heavy atom. The molecule has 1 aromatic carbocycles. The van der Waals surface area contributed by atoms with Crippen molar-refractivity contribution in [3.8, 4) is 40.3 Å². The van der Waals surface area contributed by atoms with E-state index in [9.17, 15) is 5.26 Å². The zero-order chi connectivity index (χ0) is 20.9. The van der Waals surface area contributed by atoms with E-state index in [1.807, 2.05) is 48.5 Å². The summed E-state index contributed by atoms with van der Waals surface area (Å²) in [6.45, 7) is 0.568. The number of aromatic nitrogens is 4. The smallest absolute Gasteiger partial charge is 0.232 e. The van der Waals surface area contributed by atoms with Crippen LogP contribution >= 0.6 is 0 Å². The number of ether oxygens (including phenoxy) is 1. The molecule has 2 N–H and O–H groups in total. The van der Waals surface area contributed by atoms with E-state index in [1.165, 1.54) is 0 Å². The van der Waals surface area contributed by atoms with Crippen LogP contribution in [-0.4, -0.2) is 26.3 Å². The Kier molecular flexibility index (Phi) is 5.50. The average Bonchev–Trinajstić information content (AvgIpc) is 3.15. The standard InChI is InChI=1S/C23H20N6O/c1-29-22(13-21(28-29)17-5-3-2-4-6-17)30-23-19(9-8-18(14-25)27-23)20-10-7-16(11-12-24)15-26-20/h2-10,13,15H,11-12,24H2,1H3. The molecule has 0 aliphatic heterocycles. The van der Waals surface area contributed by atoms with Gasteiger partial charge >= 0.3 is 0 Å². The van der Waals surface area contributed by atoms with Gasteiger partial charge in [0.05, 0.1) is 17.0 Å². The highest BCUT2D eigenvalue weighted by Gasteiger charge is 2.15. The van der Waals surface area contributed by atoms with Crippen molar-refractivity contribution >= 4 is 0 Å². The number of nitrogens with zero attached hydrogens (tertiary/aromatic N) is 5. The fraction of sp³-hybridized carbons (Fsp3) is 0.130. The van der Waals surface area contributed by atoms with E-state index in [2.05, 4.69) is 21.1 Å². The predicted molar refractivity (Wildman–Crippen MR) is 114 cm³/mol. The van der Waals surface area contributed by atoms with E-state index in [0.29, 0.717) is 29.6 Å². The summed E-state index contributed by atoms with van der Waals surface area (Å²) < 4.78 is 7.74. The largest absolute Gasteiger partial charge is 0.420 e. The zero-order valence-electron chi connectivity index (χ0n) is 16.5. The minimum atomic E-state index is 0.263. The molecule has 0 radical (unpaired) electrons. The molecular weight excluding hydrogens is 376 g/mol. The van der Waals surface area contributed by atoms with E-state index in [4.69, 9.17) is 10.5 Å². The second kappa shape index (κ2) is 8.55. The van der Waals surface area contributed by atoms with Gasteiger partial charge in [-0.1, -0.05) is 36.4 Å². The van der Waals surface area contributed by atoms with E-state index in [1.54, 1.807) is 30.1 Å². The van der Waals surface area contributed by atoms with Crippen LogP contribution in [0.1, 0.15) is 11.3 Å². The lowest BCUT2D eigenvalue weighted by molar-refractivity contribution is 0.417. The summed E-state index contributed by atoms with van der Waals surface area (Å²) in [7, 11) is 1.80. The number of pyridine rings is 2. The van der Waals surface area contributed by atoms with Crippen LogP contribution in [0.5, 0.6) is 11.8 Å². The lowest BCUT2D eigenvalue weighted by Crippen LogP contribution is -2.03. The van der Waals surface area contributed by atoms with Crippen molar-refractivity contribution in [3.63, 3.8) is 0 Å². The lowest BCUT2D eigenvalue weighted by Gasteiger charge is -2.10. The second-order valence-electron chi connectivity index (χ2n) is 6.71. The van der Waals surface area contributed by atoms with Crippen LogP contribution in [0.25, 0.3) is 22.5 Å². The molecule has 0 fully saturated rings. The third-order valence-corrected chi connectivity index (χ3v) is 4.62. The van der Waals surface area contributed by atoms with Gasteiger partial charge in [0.15, 0.2) is 0 Å². The average molecular weight is 396 g/mol. The predicted octanol–water partition coefficient (Wildman–Crippen LogP) is 3.71. The van der Waals surface area contributed by atoms with Crippen molar-refractivity contribution in [2.24, 2.45) is 12.8 Å². The molecule has 148 valence electrons. The highest BCUT2D eigenvalue weighted by atomic mass is 16.5. The summed E-state index contributed by atoms with van der Waals surface area (Å²) in [5.41, 5.74) is 10.1. The van der Waals surface area contributed by atoms with Crippen LogP contribution in [0.4, 0.5) is 0 Å². The van der Waals surface area contributed by atoms with Crippen molar-refractivity contribution in [1.29, 1.82) is 5.26 Å². The Labute approximate surface area is 174 Å². The molecule has 0 saturated heterocycles. The maximum absolute atomic E-state index is 9.28. The van der Waals surface area contributed by atoms with Crippen LogP contribution in [0.15, 0.2) is 66.9 Å². The van der Waals surface area contributed by atoms with Gasteiger partial charge in [0.1, 0.15) is 11.8 Å². The zero-order valence-corrected chi connectivity index (χ0v) is 16.5. The Hall–Kier alpha value is -4.02. The number of aryl methyl sites for hydroxylation is 1. The van der Waals surface area contributed by atoms with Gasteiger partial charge in [-0.05, 0) is 36.7 Å². The van der Waals surface area contributed by atoms with Gasteiger partial charge < -0.3 is 10.5 Å². The molecule has 0 unspecified atom stereocenters. The molecule has 3 heterocycles. The maximum atomic E-state index is 9.28. The van der Waals surface area contributed by atoms with Crippen molar-refractivity contribution in [2.45, 2.75) is 6.42 Å². The topological polar surface area (TPSA) is 103 Å². The van der Waals surface area contributed by atoms with Crippen LogP contribution in [-0.2, 0) is 13.5 Å². The minimum Gasteiger partial charge on any atom is -0.420 e. The summed E-state index contributed by atoms with van der Waals surface area (Å²) in [4.78, 5) is 8.88. The molecule has 7 heteroatoms. The first-order valence-corrected chi connectivity index (χ1v) is 9.52. The molecule has 0 aliphatic carbocycles. The van der Waals surface area contributed by atoms with Gasteiger partial charge in [0.25, 0.3) is 0 Å². The minimum absolute atomic E-state index is 0.263. The molecular formula is C23H20N6O. The van der Waals surface area contributed by atoms with Gasteiger partial charge in [-0.3, -0.25) is 4.98 Å². The number of nitrogens with two attached hydrogens (primary N) is 1. The number of nitriles is 1. The number of benzene rings is 1. The summed E-state index contributed by atoms with van der Waals surface area (Å²) >= 11 is 0. The molecule has 4 rings (SSSR count). The summed E-state index contributed by atoms with van der Waals surface area (Å²) in [5.74, 6) is 0.813. The third kappa shape index (κ3) is 4.04. The third-order valence-electron chi connectivity index (χ3n) is 4.62. The molecule has 0 aliphatic rings. The Morgan fingerprint density at radius 1 is 1.07 bits per heavy atom. The lowest BCUT2D eigenvalue weighted by atomic mass is 10.1. The highest BCUT2D eigenvalue weighted by molar-refractivity contribution is 5.66. The van der Waals surface area contributed by atoms with Crippen LogP contribution in [0.2, 0.25) is 0 Å². The van der Waals surface area contributed by atoms with Crippen molar-refractivity contribution in [2.75, 3.05) is 6.54 Å². The Bertz CT molecular complexity index is 1190. The van der Waals surface area contributed by atoms with Gasteiger partial charge in [0, 0.05) is 24.9 Å². The fourth-order valence-corrected chi connectivity index (χ4v) is 3.07. The number of rotatable bonds is 6. The van der Waals surface area contributed by atoms with Crippen LogP contribution in [0.3, 0.4) is 0 Å². The van der Waals surface area contributed by atoms with Gasteiger partial charge in [-0.25, -0.2) is 9.67 Å². The van der Waals surface area contributed by atoms with Crippen LogP contribution in [0, 0.1) is 11.3 Å².